The normalized spacial score (nSPS) is 11.2. The third kappa shape index (κ3) is 5.20. The van der Waals surface area contributed by atoms with Gasteiger partial charge < -0.3 is 10.3 Å². The van der Waals surface area contributed by atoms with Gasteiger partial charge in [-0.25, -0.2) is 8.42 Å². The molecule has 1 aromatic heterocycles. The number of aryl methyl sites for hydroxylation is 1. The molecule has 0 bridgehead atoms. The van der Waals surface area contributed by atoms with Crippen LogP contribution < -0.4 is 10.9 Å². The topological polar surface area (TPSA) is 96.1 Å². The second-order valence-electron chi connectivity index (χ2n) is 6.73. The summed E-state index contributed by atoms with van der Waals surface area (Å²) in [5, 5.41) is 2.61. The Kier molecular flexibility index (Phi) is 6.29. The van der Waals surface area contributed by atoms with Crippen molar-refractivity contribution in [3.8, 4) is 11.3 Å². The van der Waals surface area contributed by atoms with E-state index in [9.17, 15) is 18.0 Å². The van der Waals surface area contributed by atoms with Crippen molar-refractivity contribution in [2.24, 2.45) is 0 Å². The Morgan fingerprint density at radius 2 is 1.76 bits per heavy atom. The van der Waals surface area contributed by atoms with Crippen LogP contribution in [0.5, 0.6) is 0 Å². The quantitative estimate of drug-likeness (QED) is 0.586. The summed E-state index contributed by atoms with van der Waals surface area (Å²) in [6, 6.07) is 19.0. The molecule has 6 nitrogen and oxygen atoms in total. The molecule has 1 heterocycles. The van der Waals surface area contributed by atoms with Gasteiger partial charge in [-0.15, -0.1) is 0 Å². The Morgan fingerprint density at radius 3 is 2.45 bits per heavy atom. The summed E-state index contributed by atoms with van der Waals surface area (Å²) in [4.78, 5) is 27.6. The highest BCUT2D eigenvalue weighted by atomic mass is 32.2. The smallest absolute Gasteiger partial charge is 0.261 e. The van der Waals surface area contributed by atoms with Crippen molar-refractivity contribution in [1.82, 2.24) is 10.3 Å². The van der Waals surface area contributed by atoms with Crippen LogP contribution in [0.3, 0.4) is 0 Å². The minimum Gasteiger partial charge on any atom is -0.352 e. The summed E-state index contributed by atoms with van der Waals surface area (Å²) < 4.78 is 24.5. The molecular weight excluding hydrogens is 388 g/mol. The van der Waals surface area contributed by atoms with Crippen LogP contribution in [0.1, 0.15) is 22.3 Å². The Hall–Kier alpha value is -3.19. The first-order chi connectivity index (χ1) is 13.9. The van der Waals surface area contributed by atoms with E-state index in [4.69, 9.17) is 0 Å². The zero-order valence-corrected chi connectivity index (χ0v) is 16.8. The van der Waals surface area contributed by atoms with Crippen LogP contribution in [-0.4, -0.2) is 31.6 Å². The lowest BCUT2D eigenvalue weighted by Crippen LogP contribution is -2.31. The molecule has 3 rings (SSSR count). The van der Waals surface area contributed by atoms with Crippen molar-refractivity contribution in [3.05, 3.63) is 88.2 Å². The first-order valence-electron chi connectivity index (χ1n) is 9.23. The third-order valence-corrected chi connectivity index (χ3v) is 6.28. The van der Waals surface area contributed by atoms with Gasteiger partial charge in [-0.2, -0.15) is 0 Å². The summed E-state index contributed by atoms with van der Waals surface area (Å²) in [5.74, 6) is -0.612. The van der Waals surface area contributed by atoms with Crippen LogP contribution in [0.4, 0.5) is 0 Å². The van der Waals surface area contributed by atoms with Crippen LogP contribution in [-0.2, 0) is 9.84 Å². The van der Waals surface area contributed by atoms with E-state index in [1.165, 1.54) is 6.07 Å². The van der Waals surface area contributed by atoms with E-state index in [-0.39, 0.29) is 29.2 Å². The molecule has 0 spiro atoms. The number of rotatable bonds is 7. The number of aromatic nitrogens is 1. The Labute approximate surface area is 169 Å². The largest absolute Gasteiger partial charge is 0.352 e. The van der Waals surface area contributed by atoms with Gasteiger partial charge in [0.1, 0.15) is 5.56 Å². The number of benzene rings is 2. The predicted octanol–water partition coefficient (Wildman–Crippen LogP) is 2.94. The number of hydrogen-bond acceptors (Lipinski definition) is 4. The molecule has 2 aromatic carbocycles. The fourth-order valence-corrected chi connectivity index (χ4v) is 4.27. The average molecular weight is 410 g/mol. The molecule has 0 aliphatic rings. The molecule has 0 radical (unpaired) electrons. The molecule has 2 N–H and O–H groups in total. The van der Waals surface area contributed by atoms with Gasteiger partial charge in [0.15, 0.2) is 9.84 Å². The molecule has 0 saturated heterocycles. The summed E-state index contributed by atoms with van der Waals surface area (Å²) >= 11 is 0. The highest BCUT2D eigenvalue weighted by Crippen LogP contribution is 2.17. The number of carbonyl (C=O) groups excluding carboxylic acids is 1. The molecule has 1 amide bonds. The first-order valence-corrected chi connectivity index (χ1v) is 10.9. The number of nitrogens with one attached hydrogen (secondary N) is 2. The molecule has 0 unspecified atom stereocenters. The molecular formula is C22H22N2O4S. The Morgan fingerprint density at radius 1 is 1.00 bits per heavy atom. The summed E-state index contributed by atoms with van der Waals surface area (Å²) in [6.07, 6.45) is 0.252. The number of H-pyrrole nitrogens is 1. The van der Waals surface area contributed by atoms with Crippen molar-refractivity contribution >= 4 is 15.7 Å². The number of aromatic amines is 1. The van der Waals surface area contributed by atoms with E-state index in [0.29, 0.717) is 5.69 Å². The lowest BCUT2D eigenvalue weighted by Gasteiger charge is -2.07. The summed E-state index contributed by atoms with van der Waals surface area (Å²) in [5.41, 5.74) is 2.06. The predicted molar refractivity (Wildman–Crippen MR) is 113 cm³/mol. The number of pyridine rings is 1. The van der Waals surface area contributed by atoms with Crippen LogP contribution in [0.2, 0.25) is 0 Å². The fourth-order valence-electron chi connectivity index (χ4n) is 2.94. The van der Waals surface area contributed by atoms with Crippen molar-refractivity contribution in [2.45, 2.75) is 18.2 Å². The van der Waals surface area contributed by atoms with Crippen LogP contribution >= 0.6 is 0 Å². The van der Waals surface area contributed by atoms with Gasteiger partial charge in [-0.1, -0.05) is 42.0 Å². The van der Waals surface area contributed by atoms with Gasteiger partial charge >= 0.3 is 0 Å². The molecule has 0 saturated carbocycles. The number of sulfone groups is 1. The van der Waals surface area contributed by atoms with E-state index in [2.05, 4.69) is 10.3 Å². The zero-order valence-electron chi connectivity index (χ0n) is 16.0. The number of amides is 1. The first kappa shape index (κ1) is 20.5. The lowest BCUT2D eigenvalue weighted by atomic mass is 10.1. The maximum absolute atomic E-state index is 12.3. The minimum absolute atomic E-state index is 0.00711. The SMILES string of the molecule is Cc1cccc(-c2ccc(C(=O)NCCCS(=O)(=O)c3ccccc3)c(=O)[nH]2)c1. The molecule has 3 aromatic rings. The number of carbonyl (C=O) groups is 1. The average Bonchev–Trinajstić information content (AvgIpc) is 2.71. The number of hydrogen-bond donors (Lipinski definition) is 2. The van der Waals surface area contributed by atoms with Crippen molar-refractivity contribution in [2.75, 3.05) is 12.3 Å². The summed E-state index contributed by atoms with van der Waals surface area (Å²) in [7, 11) is -3.39. The monoisotopic (exact) mass is 410 g/mol. The van der Waals surface area contributed by atoms with Gasteiger partial charge in [0.05, 0.1) is 10.6 Å². The van der Waals surface area contributed by atoms with Crippen molar-refractivity contribution in [1.29, 1.82) is 0 Å². The second kappa shape index (κ2) is 8.87. The maximum atomic E-state index is 12.3. The van der Waals surface area contributed by atoms with Crippen LogP contribution in [0.25, 0.3) is 11.3 Å². The Bertz CT molecular complexity index is 1170. The van der Waals surface area contributed by atoms with Gasteiger partial charge in [0, 0.05) is 12.2 Å². The molecule has 0 atom stereocenters. The highest BCUT2D eigenvalue weighted by molar-refractivity contribution is 7.91. The van der Waals surface area contributed by atoms with Gasteiger partial charge in [-0.05, 0) is 49.2 Å². The second-order valence-corrected chi connectivity index (χ2v) is 8.83. The highest BCUT2D eigenvalue weighted by Gasteiger charge is 2.15. The minimum atomic E-state index is -3.39. The molecule has 29 heavy (non-hydrogen) atoms. The standard InChI is InChI=1S/C22H22N2O4S/c1-16-7-5-8-17(15-16)20-12-11-19(22(26)24-20)21(25)23-13-6-14-29(27,28)18-9-3-2-4-10-18/h2-5,7-12,15H,6,13-14H2,1H3,(H,23,25)(H,24,26). The van der Waals surface area contributed by atoms with Crippen LogP contribution in [0, 0.1) is 6.92 Å². The molecule has 150 valence electrons. The van der Waals surface area contributed by atoms with E-state index in [0.717, 1.165) is 11.1 Å². The third-order valence-electron chi connectivity index (χ3n) is 4.46. The molecule has 7 heteroatoms. The van der Waals surface area contributed by atoms with Crippen molar-refractivity contribution < 1.29 is 13.2 Å². The summed E-state index contributed by atoms with van der Waals surface area (Å²) in [6.45, 7) is 2.12. The van der Waals surface area contributed by atoms with E-state index < -0.39 is 21.3 Å². The van der Waals surface area contributed by atoms with Gasteiger partial charge in [0.25, 0.3) is 11.5 Å². The van der Waals surface area contributed by atoms with E-state index >= 15 is 0 Å². The molecule has 0 aliphatic heterocycles. The Balaban J connectivity index is 1.59. The van der Waals surface area contributed by atoms with Crippen molar-refractivity contribution in [3.63, 3.8) is 0 Å². The zero-order chi connectivity index (χ0) is 20.9. The van der Waals surface area contributed by atoms with E-state index in [1.807, 2.05) is 31.2 Å². The molecule has 0 aliphatic carbocycles. The lowest BCUT2D eigenvalue weighted by molar-refractivity contribution is 0.0952. The fraction of sp³-hybridized carbons (Fsp3) is 0.182. The van der Waals surface area contributed by atoms with Gasteiger partial charge in [-0.3, -0.25) is 9.59 Å². The van der Waals surface area contributed by atoms with Gasteiger partial charge in [0.2, 0.25) is 0 Å². The van der Waals surface area contributed by atoms with Crippen LogP contribution in [0.15, 0.2) is 76.4 Å². The maximum Gasteiger partial charge on any atom is 0.261 e. The molecule has 0 fully saturated rings. The van der Waals surface area contributed by atoms with E-state index in [1.54, 1.807) is 36.4 Å².